The summed E-state index contributed by atoms with van der Waals surface area (Å²) >= 11 is 0. The van der Waals surface area contributed by atoms with E-state index in [1.54, 1.807) is 0 Å². The van der Waals surface area contributed by atoms with Crippen molar-refractivity contribution in [3.8, 4) is 0 Å². The van der Waals surface area contributed by atoms with E-state index < -0.39 is 0 Å². The van der Waals surface area contributed by atoms with Crippen LogP contribution in [0.25, 0.3) is 0 Å². The van der Waals surface area contributed by atoms with Crippen LogP contribution in [0.2, 0.25) is 0 Å². The first-order chi connectivity index (χ1) is 10.1. The molecular weight excluding hydrogens is 268 g/mol. The smallest absolute Gasteiger partial charge is 0.126 e. The Morgan fingerprint density at radius 1 is 1.14 bits per heavy atom. The first kappa shape index (κ1) is 16.4. The summed E-state index contributed by atoms with van der Waals surface area (Å²) in [6, 6.07) is 4.02. The topological polar surface area (TPSA) is 12.0 Å². The lowest BCUT2D eigenvalue weighted by atomic mass is 9.76. The molecule has 1 saturated carbocycles. The molecule has 0 heterocycles. The molecule has 1 aromatic rings. The number of halogens is 2. The molecular formula is C18H27F2N. The van der Waals surface area contributed by atoms with Crippen LogP contribution >= 0.6 is 0 Å². The summed E-state index contributed by atoms with van der Waals surface area (Å²) in [5.74, 6) is 0.794. The Balaban J connectivity index is 2.03. The van der Waals surface area contributed by atoms with Gasteiger partial charge in [-0.2, -0.15) is 0 Å². The molecule has 1 atom stereocenters. The predicted molar refractivity (Wildman–Crippen MR) is 83.3 cm³/mol. The van der Waals surface area contributed by atoms with Gasteiger partial charge >= 0.3 is 0 Å². The van der Waals surface area contributed by atoms with E-state index in [4.69, 9.17) is 0 Å². The molecule has 0 saturated heterocycles. The van der Waals surface area contributed by atoms with Gasteiger partial charge < -0.3 is 5.32 Å². The van der Waals surface area contributed by atoms with Crippen molar-refractivity contribution in [1.82, 2.24) is 5.32 Å². The standard InChI is InChI=1S/C18H27F2N/c1-3-13-5-7-14(8-6-13)18(21-4-2)12-15-11-16(19)9-10-17(15)20/h9-11,13-14,18,21H,3-8,12H2,1-2H3. The summed E-state index contributed by atoms with van der Waals surface area (Å²) in [6.07, 6.45) is 6.79. The van der Waals surface area contributed by atoms with E-state index in [1.807, 2.05) is 0 Å². The lowest BCUT2D eigenvalue weighted by molar-refractivity contribution is 0.217. The average Bonchev–Trinajstić information content (AvgIpc) is 2.50. The number of likely N-dealkylation sites (N-methyl/N-ethyl adjacent to an activating group) is 1. The van der Waals surface area contributed by atoms with Gasteiger partial charge in [-0.1, -0.05) is 33.1 Å². The van der Waals surface area contributed by atoms with Crippen LogP contribution in [0.3, 0.4) is 0 Å². The van der Waals surface area contributed by atoms with E-state index in [1.165, 1.54) is 50.3 Å². The van der Waals surface area contributed by atoms with Crippen molar-refractivity contribution in [2.75, 3.05) is 6.54 Å². The lowest BCUT2D eigenvalue weighted by Gasteiger charge is -2.34. The Labute approximate surface area is 127 Å². The molecule has 0 radical (unpaired) electrons. The van der Waals surface area contributed by atoms with Crippen molar-refractivity contribution in [3.05, 3.63) is 35.4 Å². The first-order valence-electron chi connectivity index (χ1n) is 8.31. The van der Waals surface area contributed by atoms with Crippen molar-refractivity contribution in [2.24, 2.45) is 11.8 Å². The van der Waals surface area contributed by atoms with Gasteiger partial charge in [0.2, 0.25) is 0 Å². The van der Waals surface area contributed by atoms with Gasteiger partial charge in [0.05, 0.1) is 0 Å². The fraction of sp³-hybridized carbons (Fsp3) is 0.667. The minimum Gasteiger partial charge on any atom is -0.314 e. The number of hydrogen-bond donors (Lipinski definition) is 1. The highest BCUT2D eigenvalue weighted by atomic mass is 19.1. The Morgan fingerprint density at radius 3 is 2.48 bits per heavy atom. The predicted octanol–water partition coefficient (Wildman–Crippen LogP) is 4.70. The SMILES string of the molecule is CCNC(Cc1cc(F)ccc1F)C1CCC(CC)CC1. The Hall–Kier alpha value is -0.960. The van der Waals surface area contributed by atoms with Gasteiger partial charge in [0.15, 0.2) is 0 Å². The highest BCUT2D eigenvalue weighted by Gasteiger charge is 2.27. The van der Waals surface area contributed by atoms with E-state index in [0.29, 0.717) is 17.9 Å². The highest BCUT2D eigenvalue weighted by molar-refractivity contribution is 5.20. The van der Waals surface area contributed by atoms with Crippen LogP contribution in [0.4, 0.5) is 8.78 Å². The zero-order valence-corrected chi connectivity index (χ0v) is 13.2. The molecule has 1 aliphatic carbocycles. The van der Waals surface area contributed by atoms with Crippen LogP contribution < -0.4 is 5.32 Å². The van der Waals surface area contributed by atoms with Crippen molar-refractivity contribution in [1.29, 1.82) is 0 Å². The molecule has 0 aromatic heterocycles. The molecule has 1 unspecified atom stereocenters. The zero-order chi connectivity index (χ0) is 15.2. The maximum Gasteiger partial charge on any atom is 0.126 e. The monoisotopic (exact) mass is 295 g/mol. The van der Waals surface area contributed by atoms with Gasteiger partial charge in [-0.05, 0) is 61.4 Å². The fourth-order valence-electron chi connectivity index (χ4n) is 3.60. The molecule has 0 bridgehead atoms. The van der Waals surface area contributed by atoms with E-state index in [2.05, 4.69) is 19.2 Å². The van der Waals surface area contributed by atoms with Crippen molar-refractivity contribution < 1.29 is 8.78 Å². The fourth-order valence-corrected chi connectivity index (χ4v) is 3.60. The molecule has 2 rings (SSSR count). The summed E-state index contributed by atoms with van der Waals surface area (Å²) < 4.78 is 27.2. The van der Waals surface area contributed by atoms with Crippen molar-refractivity contribution >= 4 is 0 Å². The summed E-state index contributed by atoms with van der Waals surface area (Å²) in [7, 11) is 0. The molecule has 1 fully saturated rings. The van der Waals surface area contributed by atoms with Crippen LogP contribution in [0.15, 0.2) is 18.2 Å². The molecule has 0 spiro atoms. The Kier molecular flexibility index (Phi) is 6.16. The molecule has 21 heavy (non-hydrogen) atoms. The third-order valence-electron chi connectivity index (χ3n) is 4.95. The second-order valence-corrected chi connectivity index (χ2v) is 6.29. The molecule has 118 valence electrons. The molecule has 1 nitrogen and oxygen atoms in total. The lowest BCUT2D eigenvalue weighted by Crippen LogP contribution is -2.40. The second kappa shape index (κ2) is 7.88. The second-order valence-electron chi connectivity index (χ2n) is 6.29. The molecule has 3 heteroatoms. The van der Waals surface area contributed by atoms with E-state index in [9.17, 15) is 8.78 Å². The van der Waals surface area contributed by atoms with E-state index in [0.717, 1.165) is 12.5 Å². The van der Waals surface area contributed by atoms with E-state index >= 15 is 0 Å². The Morgan fingerprint density at radius 2 is 1.86 bits per heavy atom. The van der Waals surface area contributed by atoms with Gasteiger partial charge in [-0.3, -0.25) is 0 Å². The Bertz CT molecular complexity index is 439. The third-order valence-corrected chi connectivity index (χ3v) is 4.95. The summed E-state index contributed by atoms with van der Waals surface area (Å²) in [6.45, 7) is 5.21. The molecule has 1 aliphatic rings. The van der Waals surface area contributed by atoms with Gasteiger partial charge in [0.1, 0.15) is 11.6 Å². The molecule has 1 aromatic carbocycles. The molecule has 0 aliphatic heterocycles. The van der Waals surface area contributed by atoms with Crippen molar-refractivity contribution in [3.63, 3.8) is 0 Å². The summed E-state index contributed by atoms with van der Waals surface area (Å²) in [5, 5.41) is 3.49. The van der Waals surface area contributed by atoms with Gasteiger partial charge in [0, 0.05) is 6.04 Å². The van der Waals surface area contributed by atoms with Crippen LogP contribution in [0, 0.1) is 23.5 Å². The average molecular weight is 295 g/mol. The van der Waals surface area contributed by atoms with Gasteiger partial charge in [-0.25, -0.2) is 8.78 Å². The van der Waals surface area contributed by atoms with Gasteiger partial charge in [0.25, 0.3) is 0 Å². The largest absolute Gasteiger partial charge is 0.314 e. The summed E-state index contributed by atoms with van der Waals surface area (Å²) in [5.41, 5.74) is 0.499. The number of hydrogen-bond acceptors (Lipinski definition) is 1. The minimum absolute atomic E-state index is 0.254. The summed E-state index contributed by atoms with van der Waals surface area (Å²) in [4.78, 5) is 0. The number of benzene rings is 1. The van der Waals surface area contributed by atoms with Crippen molar-refractivity contribution in [2.45, 2.75) is 58.4 Å². The first-order valence-corrected chi connectivity index (χ1v) is 8.31. The molecule has 1 N–H and O–H groups in total. The number of rotatable bonds is 6. The quantitative estimate of drug-likeness (QED) is 0.802. The minimum atomic E-state index is -0.351. The molecule has 0 amide bonds. The van der Waals surface area contributed by atoms with Gasteiger partial charge in [-0.15, -0.1) is 0 Å². The van der Waals surface area contributed by atoms with Crippen LogP contribution in [0.5, 0.6) is 0 Å². The normalized spacial score (nSPS) is 24.0. The third kappa shape index (κ3) is 4.50. The number of nitrogens with one attached hydrogen (secondary N) is 1. The van der Waals surface area contributed by atoms with Crippen LogP contribution in [-0.4, -0.2) is 12.6 Å². The maximum atomic E-state index is 13.9. The highest BCUT2D eigenvalue weighted by Crippen LogP contribution is 2.33. The maximum absolute atomic E-state index is 13.9. The zero-order valence-electron chi connectivity index (χ0n) is 13.2. The van der Waals surface area contributed by atoms with E-state index in [-0.39, 0.29) is 17.7 Å². The van der Waals surface area contributed by atoms with Crippen LogP contribution in [-0.2, 0) is 6.42 Å². The van der Waals surface area contributed by atoms with Crippen LogP contribution in [0.1, 0.15) is 51.5 Å².